The van der Waals surface area contributed by atoms with Gasteiger partial charge < -0.3 is 14.8 Å². The molecule has 4 nitrogen and oxygen atoms in total. The van der Waals surface area contributed by atoms with Crippen molar-refractivity contribution in [2.24, 2.45) is 5.41 Å². The zero-order valence-corrected chi connectivity index (χ0v) is 8.88. The van der Waals surface area contributed by atoms with Gasteiger partial charge in [-0.2, -0.15) is 0 Å². The van der Waals surface area contributed by atoms with Crippen molar-refractivity contribution in [2.45, 2.75) is 37.9 Å². The molecule has 1 unspecified atom stereocenters. The van der Waals surface area contributed by atoms with Gasteiger partial charge in [-0.3, -0.25) is 4.79 Å². The molecular formula is C11H17NO3. The maximum absolute atomic E-state index is 11.9. The molecule has 0 aromatic rings. The van der Waals surface area contributed by atoms with Gasteiger partial charge in [0.05, 0.1) is 18.6 Å². The minimum Gasteiger partial charge on any atom is -0.356 e. The Labute approximate surface area is 89.3 Å². The van der Waals surface area contributed by atoms with Gasteiger partial charge in [0.25, 0.3) is 0 Å². The molecule has 1 aliphatic carbocycles. The van der Waals surface area contributed by atoms with E-state index in [0.717, 1.165) is 38.6 Å². The third kappa shape index (κ3) is 1.39. The van der Waals surface area contributed by atoms with E-state index in [9.17, 15) is 4.79 Å². The Kier molecular flexibility index (Phi) is 2.04. The van der Waals surface area contributed by atoms with E-state index in [2.05, 4.69) is 5.32 Å². The minimum atomic E-state index is -0.431. The van der Waals surface area contributed by atoms with E-state index in [1.165, 1.54) is 0 Å². The Hall–Kier alpha value is -0.610. The summed E-state index contributed by atoms with van der Waals surface area (Å²) >= 11 is 0. The Morgan fingerprint density at radius 2 is 1.93 bits per heavy atom. The lowest BCUT2D eigenvalue weighted by atomic mass is 9.70. The van der Waals surface area contributed by atoms with Crippen LogP contribution in [0.1, 0.15) is 32.1 Å². The fraction of sp³-hybridized carbons (Fsp3) is 0.909. The van der Waals surface area contributed by atoms with Crippen molar-refractivity contribution in [2.75, 3.05) is 19.8 Å². The van der Waals surface area contributed by atoms with Crippen LogP contribution in [0, 0.1) is 5.41 Å². The molecule has 4 heteroatoms. The first-order valence-corrected chi connectivity index (χ1v) is 5.81. The van der Waals surface area contributed by atoms with Gasteiger partial charge in [-0.1, -0.05) is 0 Å². The number of rotatable bonds is 0. The highest BCUT2D eigenvalue weighted by Crippen LogP contribution is 2.49. The van der Waals surface area contributed by atoms with E-state index in [-0.39, 0.29) is 11.3 Å². The molecule has 3 aliphatic rings. The standard InChI is InChI=1S/C11H17NO3/c13-9-10(4-5-12-9)2-1-3-11(8-10)14-6-7-15-11/h1-8H2,(H,12,13). The van der Waals surface area contributed by atoms with Crippen LogP contribution in [0.4, 0.5) is 0 Å². The molecule has 1 N–H and O–H groups in total. The number of carbonyl (C=O) groups excluding carboxylic acids is 1. The molecule has 15 heavy (non-hydrogen) atoms. The van der Waals surface area contributed by atoms with Crippen molar-refractivity contribution in [3.8, 4) is 0 Å². The largest absolute Gasteiger partial charge is 0.356 e. The molecule has 0 bridgehead atoms. The van der Waals surface area contributed by atoms with Crippen LogP contribution in [0.3, 0.4) is 0 Å². The van der Waals surface area contributed by atoms with Gasteiger partial charge in [-0.05, 0) is 19.3 Å². The maximum Gasteiger partial charge on any atom is 0.226 e. The maximum atomic E-state index is 11.9. The van der Waals surface area contributed by atoms with E-state index < -0.39 is 5.79 Å². The third-order valence-corrected chi connectivity index (χ3v) is 4.01. The van der Waals surface area contributed by atoms with Crippen molar-refractivity contribution in [1.29, 1.82) is 0 Å². The van der Waals surface area contributed by atoms with Gasteiger partial charge in [-0.25, -0.2) is 0 Å². The molecule has 2 saturated heterocycles. The number of ether oxygens (including phenoxy) is 2. The van der Waals surface area contributed by atoms with E-state index in [4.69, 9.17) is 9.47 Å². The second kappa shape index (κ2) is 3.19. The number of amides is 1. The van der Waals surface area contributed by atoms with Crippen LogP contribution in [0.5, 0.6) is 0 Å². The lowest BCUT2D eigenvalue weighted by Crippen LogP contribution is -2.45. The van der Waals surface area contributed by atoms with Crippen LogP contribution in [0.2, 0.25) is 0 Å². The molecular weight excluding hydrogens is 194 g/mol. The van der Waals surface area contributed by atoms with E-state index in [1.54, 1.807) is 0 Å². The summed E-state index contributed by atoms with van der Waals surface area (Å²) in [6, 6.07) is 0. The van der Waals surface area contributed by atoms with Crippen LogP contribution in [0.15, 0.2) is 0 Å². The molecule has 1 saturated carbocycles. The van der Waals surface area contributed by atoms with Crippen LogP contribution in [-0.4, -0.2) is 31.5 Å². The van der Waals surface area contributed by atoms with E-state index in [0.29, 0.717) is 13.2 Å². The lowest BCUT2D eigenvalue weighted by Gasteiger charge is -2.41. The number of carbonyl (C=O) groups is 1. The molecule has 84 valence electrons. The van der Waals surface area contributed by atoms with Gasteiger partial charge >= 0.3 is 0 Å². The highest BCUT2D eigenvalue weighted by atomic mass is 16.7. The average molecular weight is 211 g/mol. The summed E-state index contributed by atoms with van der Waals surface area (Å²) in [5.41, 5.74) is -0.192. The Morgan fingerprint density at radius 1 is 1.13 bits per heavy atom. The summed E-state index contributed by atoms with van der Waals surface area (Å²) in [6.07, 6.45) is 4.68. The topological polar surface area (TPSA) is 47.6 Å². The molecule has 3 fully saturated rings. The van der Waals surface area contributed by atoms with E-state index >= 15 is 0 Å². The SMILES string of the molecule is O=C1NCCC12CCCC1(C2)OCCO1. The Balaban J connectivity index is 1.83. The summed E-state index contributed by atoms with van der Waals surface area (Å²) in [5, 5.41) is 2.94. The molecule has 0 aromatic carbocycles. The first-order valence-electron chi connectivity index (χ1n) is 5.81. The average Bonchev–Trinajstić information content (AvgIpc) is 2.78. The summed E-state index contributed by atoms with van der Waals surface area (Å²) in [4.78, 5) is 11.9. The number of nitrogens with one attached hydrogen (secondary N) is 1. The van der Waals surface area contributed by atoms with Gasteiger partial charge in [0, 0.05) is 19.4 Å². The van der Waals surface area contributed by atoms with Gasteiger partial charge in [-0.15, -0.1) is 0 Å². The molecule has 2 spiro atoms. The lowest BCUT2D eigenvalue weighted by molar-refractivity contribution is -0.201. The van der Waals surface area contributed by atoms with Gasteiger partial charge in [0.15, 0.2) is 5.79 Å². The highest BCUT2D eigenvalue weighted by molar-refractivity contribution is 5.84. The monoisotopic (exact) mass is 211 g/mol. The van der Waals surface area contributed by atoms with E-state index in [1.807, 2.05) is 0 Å². The van der Waals surface area contributed by atoms with Crippen LogP contribution < -0.4 is 5.32 Å². The summed E-state index contributed by atoms with van der Waals surface area (Å²) in [7, 11) is 0. The predicted molar refractivity (Wildman–Crippen MR) is 53.2 cm³/mol. The highest BCUT2D eigenvalue weighted by Gasteiger charge is 2.53. The van der Waals surface area contributed by atoms with Crippen LogP contribution in [0.25, 0.3) is 0 Å². The fourth-order valence-corrected chi connectivity index (χ4v) is 3.26. The van der Waals surface area contributed by atoms with Gasteiger partial charge in [0.1, 0.15) is 0 Å². The molecule has 0 aromatic heterocycles. The molecule has 2 aliphatic heterocycles. The van der Waals surface area contributed by atoms with Crippen molar-refractivity contribution in [3.63, 3.8) is 0 Å². The minimum absolute atomic E-state index is 0.192. The second-order valence-corrected chi connectivity index (χ2v) is 4.92. The Morgan fingerprint density at radius 3 is 2.60 bits per heavy atom. The normalized spacial score (nSPS) is 38.8. The van der Waals surface area contributed by atoms with Crippen LogP contribution in [-0.2, 0) is 14.3 Å². The zero-order chi connectivity index (χ0) is 10.4. The van der Waals surface area contributed by atoms with Crippen LogP contribution >= 0.6 is 0 Å². The molecule has 1 atom stereocenters. The quantitative estimate of drug-likeness (QED) is 0.645. The first-order chi connectivity index (χ1) is 7.25. The molecule has 0 radical (unpaired) electrons. The fourth-order valence-electron chi connectivity index (χ4n) is 3.26. The number of hydrogen-bond donors (Lipinski definition) is 1. The summed E-state index contributed by atoms with van der Waals surface area (Å²) in [5.74, 6) is -0.222. The Bertz CT molecular complexity index is 286. The van der Waals surface area contributed by atoms with Crippen molar-refractivity contribution < 1.29 is 14.3 Å². The smallest absolute Gasteiger partial charge is 0.226 e. The predicted octanol–water partition coefficient (Wildman–Crippen LogP) is 0.810. The van der Waals surface area contributed by atoms with Crippen molar-refractivity contribution in [3.05, 3.63) is 0 Å². The summed E-state index contributed by atoms with van der Waals surface area (Å²) < 4.78 is 11.4. The molecule has 1 amide bonds. The third-order valence-electron chi connectivity index (χ3n) is 4.01. The second-order valence-electron chi connectivity index (χ2n) is 4.92. The van der Waals surface area contributed by atoms with Crippen molar-refractivity contribution >= 4 is 5.91 Å². The summed E-state index contributed by atoms with van der Waals surface area (Å²) in [6.45, 7) is 2.17. The van der Waals surface area contributed by atoms with Gasteiger partial charge in [0.2, 0.25) is 5.91 Å². The molecule has 2 heterocycles. The number of hydrogen-bond acceptors (Lipinski definition) is 3. The zero-order valence-electron chi connectivity index (χ0n) is 8.88. The molecule has 3 rings (SSSR count). The van der Waals surface area contributed by atoms with Crippen molar-refractivity contribution in [1.82, 2.24) is 5.32 Å². The first kappa shape index (κ1) is 9.60.